The molecule has 5 nitrogen and oxygen atoms in total. The van der Waals surface area contributed by atoms with Gasteiger partial charge in [-0.25, -0.2) is 0 Å². The normalized spacial score (nSPS) is 13.2. The van der Waals surface area contributed by atoms with Crippen molar-refractivity contribution in [1.82, 2.24) is 5.32 Å². The third kappa shape index (κ3) is 9.50. The van der Waals surface area contributed by atoms with E-state index in [1.165, 1.54) is 0 Å². The monoisotopic (exact) mass is 249 g/mol. The number of aliphatic hydroxyl groups is 1. The van der Waals surface area contributed by atoms with E-state index in [0.717, 1.165) is 13.0 Å². The van der Waals surface area contributed by atoms with E-state index in [4.69, 9.17) is 19.3 Å². The van der Waals surface area contributed by atoms with Crippen molar-refractivity contribution < 1.29 is 19.3 Å². The zero-order chi connectivity index (χ0) is 12.9. The summed E-state index contributed by atoms with van der Waals surface area (Å²) in [6, 6.07) is 0.189. The van der Waals surface area contributed by atoms with Crippen LogP contribution >= 0.6 is 0 Å². The second-order valence-electron chi connectivity index (χ2n) is 3.75. The van der Waals surface area contributed by atoms with Gasteiger partial charge in [-0.1, -0.05) is 0 Å². The Balaban J connectivity index is 3.73. The van der Waals surface area contributed by atoms with Crippen molar-refractivity contribution in [2.45, 2.75) is 39.0 Å². The van der Waals surface area contributed by atoms with Crippen LogP contribution in [0.5, 0.6) is 0 Å². The number of hydrogen-bond acceptors (Lipinski definition) is 5. The van der Waals surface area contributed by atoms with E-state index in [9.17, 15) is 0 Å². The standard InChI is InChI=1S/C12H27NO4/c1-4-16-12(17-5-2)6-8-13-11(7-9-14)10-15-3/h11-14H,4-10H2,1-3H3. The van der Waals surface area contributed by atoms with Crippen molar-refractivity contribution in [1.29, 1.82) is 0 Å². The Kier molecular flexibility index (Phi) is 12.1. The third-order valence-corrected chi connectivity index (χ3v) is 2.36. The van der Waals surface area contributed by atoms with Gasteiger partial charge in [0.25, 0.3) is 0 Å². The van der Waals surface area contributed by atoms with Crippen LogP contribution < -0.4 is 5.32 Å². The van der Waals surface area contributed by atoms with Crippen LogP contribution in [0.25, 0.3) is 0 Å². The fraction of sp³-hybridized carbons (Fsp3) is 1.00. The first-order valence-electron chi connectivity index (χ1n) is 6.34. The lowest BCUT2D eigenvalue weighted by Gasteiger charge is -2.20. The van der Waals surface area contributed by atoms with Crippen LogP contribution in [0.1, 0.15) is 26.7 Å². The minimum absolute atomic E-state index is 0.144. The van der Waals surface area contributed by atoms with Crippen LogP contribution in [0.2, 0.25) is 0 Å². The summed E-state index contributed by atoms with van der Waals surface area (Å²) in [6.45, 7) is 6.79. The van der Waals surface area contributed by atoms with E-state index in [1.54, 1.807) is 7.11 Å². The van der Waals surface area contributed by atoms with E-state index in [2.05, 4.69) is 5.32 Å². The van der Waals surface area contributed by atoms with Gasteiger partial charge in [-0.2, -0.15) is 0 Å². The van der Waals surface area contributed by atoms with Crippen LogP contribution in [0.4, 0.5) is 0 Å². The zero-order valence-corrected chi connectivity index (χ0v) is 11.3. The summed E-state index contributed by atoms with van der Waals surface area (Å²) >= 11 is 0. The minimum atomic E-state index is -0.144. The predicted molar refractivity (Wildman–Crippen MR) is 67.0 cm³/mol. The molecule has 0 fully saturated rings. The molecule has 0 aromatic heterocycles. The molecule has 1 unspecified atom stereocenters. The van der Waals surface area contributed by atoms with E-state index in [0.29, 0.717) is 26.2 Å². The summed E-state index contributed by atoms with van der Waals surface area (Å²) in [5.41, 5.74) is 0. The van der Waals surface area contributed by atoms with Crippen LogP contribution in [0.15, 0.2) is 0 Å². The SMILES string of the molecule is CCOC(CCNC(CCO)COC)OCC. The second kappa shape index (κ2) is 12.3. The lowest BCUT2D eigenvalue weighted by molar-refractivity contribution is -0.139. The van der Waals surface area contributed by atoms with Gasteiger partial charge >= 0.3 is 0 Å². The van der Waals surface area contributed by atoms with Gasteiger partial charge in [0.1, 0.15) is 0 Å². The lowest BCUT2D eigenvalue weighted by Crippen LogP contribution is -2.36. The highest BCUT2D eigenvalue weighted by Crippen LogP contribution is 2.01. The molecule has 0 rings (SSSR count). The topological polar surface area (TPSA) is 60.0 Å². The number of methoxy groups -OCH3 is 1. The largest absolute Gasteiger partial charge is 0.396 e. The maximum Gasteiger partial charge on any atom is 0.158 e. The van der Waals surface area contributed by atoms with Gasteiger partial charge in [0.15, 0.2) is 6.29 Å². The van der Waals surface area contributed by atoms with E-state index in [1.807, 2.05) is 13.8 Å². The molecule has 0 spiro atoms. The van der Waals surface area contributed by atoms with Crippen LogP contribution in [-0.4, -0.2) is 57.5 Å². The van der Waals surface area contributed by atoms with E-state index >= 15 is 0 Å². The first-order valence-corrected chi connectivity index (χ1v) is 6.34. The molecule has 5 heteroatoms. The maximum atomic E-state index is 8.90. The first-order chi connectivity index (χ1) is 8.28. The molecule has 2 N–H and O–H groups in total. The molecule has 0 saturated carbocycles. The van der Waals surface area contributed by atoms with Gasteiger partial charge < -0.3 is 24.6 Å². The Morgan fingerprint density at radius 1 is 1.12 bits per heavy atom. The Morgan fingerprint density at radius 2 is 1.76 bits per heavy atom. The van der Waals surface area contributed by atoms with Gasteiger partial charge in [-0.15, -0.1) is 0 Å². The highest BCUT2D eigenvalue weighted by molar-refractivity contribution is 4.65. The maximum absolute atomic E-state index is 8.90. The number of ether oxygens (including phenoxy) is 3. The van der Waals surface area contributed by atoms with Crippen LogP contribution in [0.3, 0.4) is 0 Å². The molecule has 17 heavy (non-hydrogen) atoms. The Bertz CT molecular complexity index is 129. The van der Waals surface area contributed by atoms with Crippen molar-refractivity contribution >= 4 is 0 Å². The molecule has 0 bridgehead atoms. The van der Waals surface area contributed by atoms with Crippen LogP contribution in [-0.2, 0) is 14.2 Å². The van der Waals surface area contributed by atoms with Crippen molar-refractivity contribution in [2.24, 2.45) is 0 Å². The zero-order valence-electron chi connectivity index (χ0n) is 11.3. The quantitative estimate of drug-likeness (QED) is 0.500. The summed E-state index contributed by atoms with van der Waals surface area (Å²) in [5.74, 6) is 0. The molecule has 0 aliphatic rings. The summed E-state index contributed by atoms with van der Waals surface area (Å²) < 4.78 is 16.0. The fourth-order valence-electron chi connectivity index (χ4n) is 1.59. The number of rotatable bonds is 12. The highest BCUT2D eigenvalue weighted by atomic mass is 16.7. The number of hydrogen-bond donors (Lipinski definition) is 2. The molecule has 104 valence electrons. The molecule has 0 saturated heterocycles. The molecule has 1 atom stereocenters. The molecule has 0 aromatic rings. The summed E-state index contributed by atoms with van der Waals surface area (Å²) in [6.07, 6.45) is 1.35. The lowest BCUT2D eigenvalue weighted by atomic mass is 10.2. The minimum Gasteiger partial charge on any atom is -0.396 e. The average Bonchev–Trinajstić information content (AvgIpc) is 2.30. The van der Waals surface area contributed by atoms with Crippen molar-refractivity contribution in [3.63, 3.8) is 0 Å². The van der Waals surface area contributed by atoms with Crippen molar-refractivity contribution in [3.8, 4) is 0 Å². The molecule has 0 aromatic carbocycles. The van der Waals surface area contributed by atoms with Gasteiger partial charge in [-0.3, -0.25) is 0 Å². The molecule has 0 aliphatic carbocycles. The first kappa shape index (κ1) is 16.8. The molecule has 0 aliphatic heterocycles. The molecule has 0 radical (unpaired) electrons. The molecular formula is C12H27NO4. The van der Waals surface area contributed by atoms with Gasteiger partial charge in [-0.05, 0) is 20.3 Å². The Hall–Kier alpha value is -0.200. The summed E-state index contributed by atoms with van der Waals surface area (Å²) in [7, 11) is 1.66. The predicted octanol–water partition coefficient (Wildman–Crippen LogP) is 0.763. The summed E-state index contributed by atoms with van der Waals surface area (Å²) in [4.78, 5) is 0. The molecular weight excluding hydrogens is 222 g/mol. The van der Waals surface area contributed by atoms with Gasteiger partial charge in [0.05, 0.1) is 6.61 Å². The molecule has 0 heterocycles. The fourth-order valence-corrected chi connectivity index (χ4v) is 1.59. The molecule has 0 amide bonds. The van der Waals surface area contributed by atoms with E-state index < -0.39 is 0 Å². The average molecular weight is 249 g/mol. The number of nitrogens with one attached hydrogen (secondary N) is 1. The van der Waals surface area contributed by atoms with Gasteiger partial charge in [0, 0.05) is 45.9 Å². The van der Waals surface area contributed by atoms with Crippen molar-refractivity contribution in [2.75, 3.05) is 40.1 Å². The van der Waals surface area contributed by atoms with Crippen LogP contribution in [0, 0.1) is 0 Å². The third-order valence-electron chi connectivity index (χ3n) is 2.36. The smallest absolute Gasteiger partial charge is 0.158 e. The van der Waals surface area contributed by atoms with Crippen molar-refractivity contribution in [3.05, 3.63) is 0 Å². The Labute approximate surface area is 104 Å². The van der Waals surface area contributed by atoms with E-state index in [-0.39, 0.29) is 18.9 Å². The second-order valence-corrected chi connectivity index (χ2v) is 3.75. The highest BCUT2D eigenvalue weighted by Gasteiger charge is 2.10. The number of aliphatic hydroxyl groups excluding tert-OH is 1. The van der Waals surface area contributed by atoms with Gasteiger partial charge in [0.2, 0.25) is 0 Å². The summed E-state index contributed by atoms with van der Waals surface area (Å²) in [5, 5.41) is 12.2. The Morgan fingerprint density at radius 3 is 2.24 bits per heavy atom.